The van der Waals surface area contributed by atoms with Gasteiger partial charge in [0.2, 0.25) is 0 Å². The average Bonchev–Trinajstić information content (AvgIpc) is 2.93. The Kier molecular flexibility index (Phi) is 5.08. The molecule has 5 nitrogen and oxygen atoms in total. The summed E-state index contributed by atoms with van der Waals surface area (Å²) < 4.78 is 6.02. The maximum absolute atomic E-state index is 13.2. The van der Waals surface area contributed by atoms with E-state index < -0.39 is 11.5 Å². The molecule has 0 aromatic heterocycles. The maximum Gasteiger partial charge on any atom is 0.264 e. The van der Waals surface area contributed by atoms with Crippen LogP contribution in [0.15, 0.2) is 54.6 Å². The molecule has 0 spiro atoms. The second kappa shape index (κ2) is 7.58. The van der Waals surface area contributed by atoms with Gasteiger partial charge < -0.3 is 14.7 Å². The van der Waals surface area contributed by atoms with Crippen LogP contribution in [-0.4, -0.2) is 29.9 Å². The highest BCUT2D eigenvalue weighted by molar-refractivity contribution is 6.09. The Hall–Kier alpha value is -3.18. The van der Waals surface area contributed by atoms with E-state index in [1.807, 2.05) is 68.4 Å². The number of fused-ring (bicyclic) bond motifs is 2. The van der Waals surface area contributed by atoms with Crippen molar-refractivity contribution in [1.29, 1.82) is 0 Å². The van der Waals surface area contributed by atoms with E-state index in [0.29, 0.717) is 11.3 Å². The Morgan fingerprint density at radius 2 is 1.73 bits per heavy atom. The number of hydrogen-bond donors (Lipinski definition) is 1. The first-order valence-electron chi connectivity index (χ1n) is 10.1. The van der Waals surface area contributed by atoms with Gasteiger partial charge in [0.25, 0.3) is 5.91 Å². The van der Waals surface area contributed by atoms with E-state index in [1.165, 1.54) is 6.92 Å². The summed E-state index contributed by atoms with van der Waals surface area (Å²) in [5.74, 6) is 0.0538. The number of rotatable bonds is 6. The summed E-state index contributed by atoms with van der Waals surface area (Å²) in [6.45, 7) is 5.70. The van der Waals surface area contributed by atoms with Crippen LogP contribution in [0.4, 0.5) is 5.69 Å². The molecule has 1 N–H and O–H groups in total. The first-order valence-corrected chi connectivity index (χ1v) is 10.1. The standard InChI is InChI=1S/C25H25NO4/c1-16-11-12-17(2)23-22(16)25(29,15-18(3)27)24(28)26(23)13-14-30-21-10-6-8-19-7-4-5-9-20(19)21/h4-12,29H,13-15H2,1-3H3. The third kappa shape index (κ3) is 3.25. The normalized spacial score (nSPS) is 18.0. The Balaban J connectivity index is 1.63. The quantitative estimate of drug-likeness (QED) is 0.674. The lowest BCUT2D eigenvalue weighted by Gasteiger charge is -2.23. The Morgan fingerprint density at radius 1 is 1.03 bits per heavy atom. The number of ether oxygens (including phenoxy) is 1. The SMILES string of the molecule is CC(=O)CC1(O)C(=O)N(CCOc2cccc3ccccc23)c2c(C)ccc(C)c21. The molecule has 4 rings (SSSR count). The van der Waals surface area contributed by atoms with Crippen molar-refractivity contribution in [1.82, 2.24) is 0 Å². The fourth-order valence-corrected chi connectivity index (χ4v) is 4.40. The second-order valence-corrected chi connectivity index (χ2v) is 7.94. The first kappa shape index (κ1) is 20.1. The zero-order chi connectivity index (χ0) is 21.5. The largest absolute Gasteiger partial charge is 0.491 e. The monoisotopic (exact) mass is 403 g/mol. The number of aliphatic hydroxyl groups is 1. The van der Waals surface area contributed by atoms with Crippen molar-refractivity contribution >= 4 is 28.2 Å². The summed E-state index contributed by atoms with van der Waals surface area (Å²) in [6, 6.07) is 17.6. The van der Waals surface area contributed by atoms with Gasteiger partial charge in [-0.1, -0.05) is 48.5 Å². The number of anilines is 1. The Morgan fingerprint density at radius 3 is 2.50 bits per heavy atom. The number of ketones is 1. The van der Waals surface area contributed by atoms with Crippen molar-refractivity contribution in [3.63, 3.8) is 0 Å². The maximum atomic E-state index is 13.2. The molecule has 0 radical (unpaired) electrons. The minimum Gasteiger partial charge on any atom is -0.491 e. The summed E-state index contributed by atoms with van der Waals surface area (Å²) >= 11 is 0. The predicted octanol–water partition coefficient (Wildman–Crippen LogP) is 4.05. The molecule has 0 fully saturated rings. The summed E-state index contributed by atoms with van der Waals surface area (Å²) in [5, 5.41) is 13.4. The predicted molar refractivity (Wildman–Crippen MR) is 117 cm³/mol. The lowest BCUT2D eigenvalue weighted by Crippen LogP contribution is -2.43. The highest BCUT2D eigenvalue weighted by Crippen LogP contribution is 2.46. The van der Waals surface area contributed by atoms with Crippen molar-refractivity contribution < 1.29 is 19.4 Å². The molecule has 1 amide bonds. The fourth-order valence-electron chi connectivity index (χ4n) is 4.40. The van der Waals surface area contributed by atoms with E-state index in [9.17, 15) is 14.7 Å². The number of Topliss-reactive ketones (excluding diaryl/α,β-unsaturated/α-hetero) is 1. The third-order valence-electron chi connectivity index (χ3n) is 5.70. The molecule has 1 aliphatic heterocycles. The molecule has 1 aliphatic rings. The summed E-state index contributed by atoms with van der Waals surface area (Å²) in [6.07, 6.45) is -0.232. The molecular weight excluding hydrogens is 378 g/mol. The van der Waals surface area contributed by atoms with Gasteiger partial charge in [-0.25, -0.2) is 0 Å². The van der Waals surface area contributed by atoms with Crippen molar-refractivity contribution in [2.75, 3.05) is 18.1 Å². The fraction of sp³-hybridized carbons (Fsp3) is 0.280. The minimum absolute atomic E-state index is 0.230. The molecule has 0 bridgehead atoms. The van der Waals surface area contributed by atoms with Crippen molar-refractivity contribution in [3.05, 3.63) is 71.3 Å². The van der Waals surface area contributed by atoms with E-state index >= 15 is 0 Å². The van der Waals surface area contributed by atoms with E-state index in [-0.39, 0.29) is 25.4 Å². The number of hydrogen-bond acceptors (Lipinski definition) is 4. The number of carbonyl (C=O) groups excluding carboxylic acids is 2. The first-order chi connectivity index (χ1) is 14.3. The number of amides is 1. The molecule has 3 aromatic rings. The molecule has 1 unspecified atom stereocenters. The molecule has 1 heterocycles. The number of nitrogens with zero attached hydrogens (tertiary/aromatic N) is 1. The van der Waals surface area contributed by atoms with Gasteiger partial charge >= 0.3 is 0 Å². The van der Waals surface area contributed by atoms with Gasteiger partial charge in [0.05, 0.1) is 12.2 Å². The van der Waals surface area contributed by atoms with Crippen molar-refractivity contribution in [2.45, 2.75) is 32.8 Å². The van der Waals surface area contributed by atoms with Crippen LogP contribution in [0.5, 0.6) is 5.75 Å². The van der Waals surface area contributed by atoms with E-state index in [1.54, 1.807) is 4.90 Å². The average molecular weight is 403 g/mol. The lowest BCUT2D eigenvalue weighted by molar-refractivity contribution is -0.141. The van der Waals surface area contributed by atoms with Gasteiger partial charge in [0.15, 0.2) is 5.60 Å². The Bertz CT molecular complexity index is 1150. The van der Waals surface area contributed by atoms with Gasteiger partial charge in [0.1, 0.15) is 18.1 Å². The van der Waals surface area contributed by atoms with Gasteiger partial charge in [0, 0.05) is 17.4 Å². The molecule has 3 aromatic carbocycles. The van der Waals surface area contributed by atoms with Crippen LogP contribution in [0.25, 0.3) is 10.8 Å². The minimum atomic E-state index is -1.82. The summed E-state index contributed by atoms with van der Waals surface area (Å²) in [7, 11) is 0. The van der Waals surface area contributed by atoms with Crippen molar-refractivity contribution in [3.8, 4) is 5.75 Å². The molecule has 0 aliphatic carbocycles. The van der Waals surface area contributed by atoms with Crippen LogP contribution in [0, 0.1) is 13.8 Å². The molecule has 0 saturated carbocycles. The topological polar surface area (TPSA) is 66.8 Å². The molecule has 0 saturated heterocycles. The second-order valence-electron chi connectivity index (χ2n) is 7.94. The van der Waals surface area contributed by atoms with E-state index in [4.69, 9.17) is 4.74 Å². The van der Waals surface area contributed by atoms with Crippen LogP contribution >= 0.6 is 0 Å². The summed E-state index contributed by atoms with van der Waals surface area (Å²) in [4.78, 5) is 26.6. The van der Waals surface area contributed by atoms with E-state index in [2.05, 4.69) is 0 Å². The van der Waals surface area contributed by atoms with Gasteiger partial charge in [-0.2, -0.15) is 0 Å². The Labute approximate surface area is 175 Å². The zero-order valence-electron chi connectivity index (χ0n) is 17.4. The van der Waals surface area contributed by atoms with Crippen molar-refractivity contribution in [2.24, 2.45) is 0 Å². The molecule has 1 atom stereocenters. The van der Waals surface area contributed by atoms with Crippen LogP contribution in [0.1, 0.15) is 30.0 Å². The number of carbonyl (C=O) groups is 2. The van der Waals surface area contributed by atoms with Crippen LogP contribution in [-0.2, 0) is 15.2 Å². The third-order valence-corrected chi connectivity index (χ3v) is 5.70. The molecule has 30 heavy (non-hydrogen) atoms. The molecule has 5 heteroatoms. The molecular formula is C25H25NO4. The lowest BCUT2D eigenvalue weighted by atomic mass is 9.86. The smallest absolute Gasteiger partial charge is 0.264 e. The van der Waals surface area contributed by atoms with E-state index in [0.717, 1.165) is 27.6 Å². The number of benzene rings is 3. The van der Waals surface area contributed by atoms with Crippen LogP contribution in [0.2, 0.25) is 0 Å². The highest BCUT2D eigenvalue weighted by atomic mass is 16.5. The molecule has 154 valence electrons. The van der Waals surface area contributed by atoms with Gasteiger partial charge in [-0.15, -0.1) is 0 Å². The number of aryl methyl sites for hydroxylation is 2. The highest BCUT2D eigenvalue weighted by Gasteiger charge is 2.51. The zero-order valence-corrected chi connectivity index (χ0v) is 17.4. The van der Waals surface area contributed by atoms with Crippen LogP contribution < -0.4 is 9.64 Å². The van der Waals surface area contributed by atoms with Gasteiger partial charge in [-0.3, -0.25) is 9.59 Å². The van der Waals surface area contributed by atoms with Gasteiger partial charge in [-0.05, 0) is 43.4 Å². The summed E-state index contributed by atoms with van der Waals surface area (Å²) in [5.41, 5.74) is 1.08. The van der Waals surface area contributed by atoms with Crippen LogP contribution in [0.3, 0.4) is 0 Å².